The van der Waals surface area contributed by atoms with E-state index in [2.05, 4.69) is 22.0 Å². The van der Waals surface area contributed by atoms with E-state index in [4.69, 9.17) is 16.1 Å². The van der Waals surface area contributed by atoms with Gasteiger partial charge < -0.3 is 4.52 Å². The number of aryl methyl sites for hydroxylation is 1. The van der Waals surface area contributed by atoms with Crippen molar-refractivity contribution in [2.75, 3.05) is 26.2 Å². The maximum Gasteiger partial charge on any atom is 0.252 e. The van der Waals surface area contributed by atoms with Gasteiger partial charge in [0.05, 0.1) is 10.9 Å². The van der Waals surface area contributed by atoms with Gasteiger partial charge in [0, 0.05) is 32.6 Å². The predicted molar refractivity (Wildman–Crippen MR) is 91.7 cm³/mol. The summed E-state index contributed by atoms with van der Waals surface area (Å²) in [5.41, 5.74) is 0. The minimum Gasteiger partial charge on any atom is -0.338 e. The first-order valence-corrected chi connectivity index (χ1v) is 10.4. The molecule has 1 aliphatic heterocycles. The molecule has 1 fully saturated rings. The number of hydrogen-bond acceptors (Lipinski definition) is 7. The Morgan fingerprint density at radius 2 is 2.04 bits per heavy atom. The smallest absolute Gasteiger partial charge is 0.252 e. The van der Waals surface area contributed by atoms with Crippen molar-refractivity contribution in [2.45, 2.75) is 30.5 Å². The van der Waals surface area contributed by atoms with Gasteiger partial charge in [-0.2, -0.15) is 9.29 Å². The Balaban J connectivity index is 1.57. The maximum atomic E-state index is 12.6. The lowest BCUT2D eigenvalue weighted by molar-refractivity contribution is 0.163. The molecule has 10 heteroatoms. The molecule has 0 N–H and O–H groups in total. The molecule has 1 saturated heterocycles. The third-order valence-corrected chi connectivity index (χ3v) is 7.41. The number of sulfonamides is 1. The largest absolute Gasteiger partial charge is 0.338 e. The fourth-order valence-corrected chi connectivity index (χ4v) is 5.62. The van der Waals surface area contributed by atoms with Crippen LogP contribution in [0.1, 0.15) is 25.1 Å². The highest BCUT2D eigenvalue weighted by molar-refractivity contribution is 7.91. The molecule has 0 radical (unpaired) electrons. The second kappa shape index (κ2) is 7.49. The first-order chi connectivity index (χ1) is 11.5. The summed E-state index contributed by atoms with van der Waals surface area (Å²) in [5.74, 6) is 1.31. The van der Waals surface area contributed by atoms with Crippen molar-refractivity contribution in [3.8, 4) is 0 Å². The van der Waals surface area contributed by atoms with Crippen LogP contribution >= 0.6 is 22.9 Å². The van der Waals surface area contributed by atoms with Gasteiger partial charge in [0.25, 0.3) is 10.0 Å². The average molecular weight is 391 g/mol. The van der Waals surface area contributed by atoms with Gasteiger partial charge in [-0.15, -0.1) is 11.3 Å². The summed E-state index contributed by atoms with van der Waals surface area (Å²) >= 11 is 6.94. The van der Waals surface area contributed by atoms with E-state index in [1.165, 1.54) is 4.31 Å². The van der Waals surface area contributed by atoms with Crippen molar-refractivity contribution in [3.63, 3.8) is 0 Å². The van der Waals surface area contributed by atoms with Gasteiger partial charge in [0.2, 0.25) is 5.89 Å². The highest BCUT2D eigenvalue weighted by atomic mass is 35.5. The second-order valence-corrected chi connectivity index (χ2v) is 9.47. The molecule has 0 aromatic carbocycles. The highest BCUT2D eigenvalue weighted by Gasteiger charge is 2.30. The Kier molecular flexibility index (Phi) is 5.56. The maximum absolute atomic E-state index is 12.6. The summed E-state index contributed by atoms with van der Waals surface area (Å²) in [6.45, 7) is 4.75. The normalized spacial score (nSPS) is 17.4. The third-order valence-electron chi connectivity index (χ3n) is 3.82. The minimum absolute atomic E-state index is 0.294. The molecule has 24 heavy (non-hydrogen) atoms. The number of aromatic nitrogens is 2. The zero-order valence-corrected chi connectivity index (χ0v) is 15.7. The second-order valence-electron chi connectivity index (χ2n) is 5.59. The van der Waals surface area contributed by atoms with Gasteiger partial charge in [0.15, 0.2) is 5.82 Å². The number of nitrogens with zero attached hydrogens (tertiary/aromatic N) is 4. The van der Waals surface area contributed by atoms with Crippen LogP contribution in [-0.4, -0.2) is 53.9 Å². The SMILES string of the molecule is CCCc1noc(CN2CCN(S(=O)(=O)c3ccc(Cl)s3)CC2)n1. The molecule has 7 nitrogen and oxygen atoms in total. The standard InChI is InChI=1S/C14H19ClN4O3S2/c1-2-3-12-16-13(22-17-12)10-18-6-8-19(9-7-18)24(20,21)14-5-4-11(15)23-14/h4-5H,2-3,6-10H2,1H3. The van der Waals surface area contributed by atoms with E-state index < -0.39 is 10.0 Å². The average Bonchev–Trinajstić information content (AvgIpc) is 3.18. The van der Waals surface area contributed by atoms with Crippen molar-refractivity contribution >= 4 is 33.0 Å². The number of thiophene rings is 1. The van der Waals surface area contributed by atoms with Gasteiger partial charge in [0.1, 0.15) is 4.21 Å². The summed E-state index contributed by atoms with van der Waals surface area (Å²) < 4.78 is 32.6. The molecule has 1 aliphatic rings. The van der Waals surface area contributed by atoms with E-state index in [-0.39, 0.29) is 0 Å². The van der Waals surface area contributed by atoms with Crippen molar-refractivity contribution in [2.24, 2.45) is 0 Å². The number of halogens is 1. The topological polar surface area (TPSA) is 79.5 Å². The lowest BCUT2D eigenvalue weighted by Gasteiger charge is -2.32. The highest BCUT2D eigenvalue weighted by Crippen LogP contribution is 2.28. The van der Waals surface area contributed by atoms with Crippen LogP contribution < -0.4 is 0 Å². The fourth-order valence-electron chi connectivity index (χ4n) is 2.56. The molecule has 3 heterocycles. The quantitative estimate of drug-likeness (QED) is 0.752. The molecule has 2 aromatic heterocycles. The van der Waals surface area contributed by atoms with E-state index in [1.807, 2.05) is 0 Å². The monoisotopic (exact) mass is 390 g/mol. The minimum atomic E-state index is -3.45. The van der Waals surface area contributed by atoms with Gasteiger partial charge >= 0.3 is 0 Å². The van der Waals surface area contributed by atoms with E-state index >= 15 is 0 Å². The molecule has 0 spiro atoms. The first-order valence-electron chi connectivity index (χ1n) is 7.78. The van der Waals surface area contributed by atoms with Crippen LogP contribution in [0.3, 0.4) is 0 Å². The lowest BCUT2D eigenvalue weighted by atomic mass is 10.3. The molecule has 0 amide bonds. The molecule has 0 bridgehead atoms. The van der Waals surface area contributed by atoms with Crippen molar-refractivity contribution < 1.29 is 12.9 Å². The molecule has 0 unspecified atom stereocenters. The van der Waals surface area contributed by atoms with Crippen LogP contribution in [0, 0.1) is 0 Å². The molecular weight excluding hydrogens is 372 g/mol. The number of piperazine rings is 1. The van der Waals surface area contributed by atoms with Gasteiger partial charge in [-0.1, -0.05) is 23.7 Å². The molecule has 0 aliphatic carbocycles. The summed E-state index contributed by atoms with van der Waals surface area (Å²) in [5, 5.41) is 3.94. The molecule has 132 valence electrons. The van der Waals surface area contributed by atoms with E-state index in [1.54, 1.807) is 12.1 Å². The lowest BCUT2D eigenvalue weighted by Crippen LogP contribution is -2.48. The van der Waals surface area contributed by atoms with Gasteiger partial charge in [-0.05, 0) is 18.6 Å². The summed E-state index contributed by atoms with van der Waals surface area (Å²) in [6, 6.07) is 3.17. The molecule has 0 atom stereocenters. The van der Waals surface area contributed by atoms with Crippen LogP contribution in [0.2, 0.25) is 4.34 Å². The molecule has 2 aromatic rings. The Morgan fingerprint density at radius 3 is 2.67 bits per heavy atom. The number of rotatable bonds is 6. The third kappa shape index (κ3) is 3.97. The van der Waals surface area contributed by atoms with E-state index in [0.29, 0.717) is 47.2 Å². The zero-order chi connectivity index (χ0) is 17.2. The Hall–Kier alpha value is -1.00. The summed E-state index contributed by atoms with van der Waals surface area (Å²) in [4.78, 5) is 6.47. The summed E-state index contributed by atoms with van der Waals surface area (Å²) in [7, 11) is -3.45. The van der Waals surface area contributed by atoms with Crippen molar-refractivity contribution in [1.29, 1.82) is 0 Å². The van der Waals surface area contributed by atoms with Crippen LogP contribution in [-0.2, 0) is 23.0 Å². The summed E-state index contributed by atoms with van der Waals surface area (Å²) in [6.07, 6.45) is 1.78. The van der Waals surface area contributed by atoms with Crippen LogP contribution in [0.15, 0.2) is 20.9 Å². The van der Waals surface area contributed by atoms with Crippen LogP contribution in [0.4, 0.5) is 0 Å². The predicted octanol–water partition coefficient (Wildman–Crippen LogP) is 2.24. The Morgan fingerprint density at radius 1 is 1.29 bits per heavy atom. The first kappa shape index (κ1) is 17.8. The van der Waals surface area contributed by atoms with Gasteiger partial charge in [-0.3, -0.25) is 4.90 Å². The van der Waals surface area contributed by atoms with Crippen molar-refractivity contribution in [1.82, 2.24) is 19.3 Å². The molecule has 0 saturated carbocycles. The van der Waals surface area contributed by atoms with Crippen LogP contribution in [0.25, 0.3) is 0 Å². The fraction of sp³-hybridized carbons (Fsp3) is 0.571. The Labute approximate surface area is 150 Å². The zero-order valence-electron chi connectivity index (χ0n) is 13.3. The van der Waals surface area contributed by atoms with Crippen LogP contribution in [0.5, 0.6) is 0 Å². The molecule has 3 rings (SSSR count). The number of hydrogen-bond donors (Lipinski definition) is 0. The molecular formula is C14H19ClN4O3S2. The van der Waals surface area contributed by atoms with E-state index in [0.717, 1.165) is 30.0 Å². The Bertz CT molecular complexity index is 782. The van der Waals surface area contributed by atoms with E-state index in [9.17, 15) is 8.42 Å². The van der Waals surface area contributed by atoms with Gasteiger partial charge in [-0.25, -0.2) is 8.42 Å². The van der Waals surface area contributed by atoms with Crippen molar-refractivity contribution in [3.05, 3.63) is 28.2 Å².